The van der Waals surface area contributed by atoms with Gasteiger partial charge in [0.15, 0.2) is 0 Å². The van der Waals surface area contributed by atoms with Gasteiger partial charge in [0.1, 0.15) is 0 Å². The average Bonchev–Trinajstić information content (AvgIpc) is 3.24. The fourth-order valence-corrected chi connectivity index (χ4v) is 2.42. The third-order valence-electron chi connectivity index (χ3n) is 3.82. The van der Waals surface area contributed by atoms with Gasteiger partial charge in [-0.15, -0.1) is 0 Å². The van der Waals surface area contributed by atoms with E-state index in [2.05, 4.69) is 19.8 Å². The highest BCUT2D eigenvalue weighted by Crippen LogP contribution is 2.30. The van der Waals surface area contributed by atoms with Crippen LogP contribution in [0.5, 0.6) is 0 Å². The molecule has 2 N–H and O–H groups in total. The summed E-state index contributed by atoms with van der Waals surface area (Å²) in [6, 6.07) is 0. The van der Waals surface area contributed by atoms with Crippen molar-refractivity contribution >= 4 is 18.5 Å². The predicted octanol–water partition coefficient (Wildman–Crippen LogP) is -1.31. The fourth-order valence-electron chi connectivity index (χ4n) is 2.42. The van der Waals surface area contributed by atoms with Gasteiger partial charge in [0.25, 0.3) is 0 Å². The number of anilines is 1. The molecule has 102 valence electrons. The van der Waals surface area contributed by atoms with Crippen molar-refractivity contribution in [1.82, 2.24) is 14.9 Å². The molecule has 6 nitrogen and oxygen atoms in total. The largest absolute Gasteiger partial charge is 0.491 e. The number of nitrogens with zero attached hydrogens (tertiary/aromatic N) is 4. The summed E-state index contributed by atoms with van der Waals surface area (Å²) in [7, 11) is -1.50. The van der Waals surface area contributed by atoms with Crippen molar-refractivity contribution in [3.05, 3.63) is 12.4 Å². The van der Waals surface area contributed by atoms with Crippen LogP contribution in [0.3, 0.4) is 0 Å². The van der Waals surface area contributed by atoms with Crippen LogP contribution in [-0.2, 0) is 0 Å². The highest BCUT2D eigenvalue weighted by Gasteiger charge is 2.27. The third-order valence-corrected chi connectivity index (χ3v) is 3.82. The molecule has 0 aromatic carbocycles. The average molecular weight is 262 g/mol. The van der Waals surface area contributed by atoms with Gasteiger partial charge in [0.2, 0.25) is 5.95 Å². The van der Waals surface area contributed by atoms with E-state index in [-0.39, 0.29) is 0 Å². The Morgan fingerprint density at radius 2 is 1.74 bits per heavy atom. The SMILES string of the molecule is OB(O)c1cnc(N2CCN(CC3CC3)CC2)nc1. The Labute approximate surface area is 113 Å². The first-order valence-electron chi connectivity index (χ1n) is 6.88. The summed E-state index contributed by atoms with van der Waals surface area (Å²) in [6.45, 7) is 5.24. The van der Waals surface area contributed by atoms with E-state index in [1.165, 1.54) is 31.8 Å². The van der Waals surface area contributed by atoms with Gasteiger partial charge in [0.05, 0.1) is 0 Å². The number of hydrogen-bond donors (Lipinski definition) is 2. The highest BCUT2D eigenvalue weighted by atomic mass is 16.4. The van der Waals surface area contributed by atoms with Crippen LogP contribution in [0.4, 0.5) is 5.95 Å². The standard InChI is InChI=1S/C12H19BN4O2/c18-13(19)11-7-14-12(15-8-11)17-5-3-16(4-6-17)9-10-1-2-10/h7-8,10,18-19H,1-6,9H2. The molecule has 2 heterocycles. The zero-order chi connectivity index (χ0) is 13.2. The zero-order valence-corrected chi connectivity index (χ0v) is 10.9. The van der Waals surface area contributed by atoms with E-state index in [1.807, 2.05) is 0 Å². The van der Waals surface area contributed by atoms with Gasteiger partial charge >= 0.3 is 7.12 Å². The van der Waals surface area contributed by atoms with Crippen LogP contribution >= 0.6 is 0 Å². The maximum absolute atomic E-state index is 9.00. The van der Waals surface area contributed by atoms with Crippen molar-refractivity contribution in [2.75, 3.05) is 37.6 Å². The molecule has 1 aliphatic heterocycles. The smallest absolute Gasteiger partial charge is 0.423 e. The molecular weight excluding hydrogens is 243 g/mol. The summed E-state index contributed by atoms with van der Waals surface area (Å²) in [5.74, 6) is 1.61. The molecule has 1 saturated carbocycles. The van der Waals surface area contributed by atoms with E-state index in [0.29, 0.717) is 11.4 Å². The van der Waals surface area contributed by atoms with E-state index in [4.69, 9.17) is 10.0 Å². The Morgan fingerprint density at radius 1 is 1.11 bits per heavy atom. The van der Waals surface area contributed by atoms with Gasteiger partial charge in [-0.3, -0.25) is 4.90 Å². The molecular formula is C12H19BN4O2. The maximum Gasteiger partial charge on any atom is 0.491 e. The van der Waals surface area contributed by atoms with Crippen molar-refractivity contribution in [3.8, 4) is 0 Å². The maximum atomic E-state index is 9.00. The molecule has 0 radical (unpaired) electrons. The third kappa shape index (κ3) is 3.23. The zero-order valence-electron chi connectivity index (χ0n) is 10.9. The Hall–Kier alpha value is -1.18. The lowest BCUT2D eigenvalue weighted by atomic mass is 9.83. The lowest BCUT2D eigenvalue weighted by molar-refractivity contribution is 0.247. The van der Waals surface area contributed by atoms with Gasteiger partial charge < -0.3 is 14.9 Å². The Bertz CT molecular complexity index is 416. The molecule has 0 amide bonds. The van der Waals surface area contributed by atoms with Crippen LogP contribution in [0.15, 0.2) is 12.4 Å². The first kappa shape index (κ1) is 12.8. The van der Waals surface area contributed by atoms with Gasteiger partial charge in [-0.05, 0) is 18.8 Å². The van der Waals surface area contributed by atoms with Crippen LogP contribution in [0.25, 0.3) is 0 Å². The summed E-state index contributed by atoms with van der Waals surface area (Å²) < 4.78 is 0. The van der Waals surface area contributed by atoms with E-state index < -0.39 is 7.12 Å². The Balaban J connectivity index is 1.55. The lowest BCUT2D eigenvalue weighted by Gasteiger charge is -2.34. The van der Waals surface area contributed by atoms with Crippen molar-refractivity contribution in [1.29, 1.82) is 0 Å². The Kier molecular flexibility index (Phi) is 3.68. The minimum Gasteiger partial charge on any atom is -0.423 e. The normalized spacial score (nSPS) is 20.6. The molecule has 0 bridgehead atoms. The monoisotopic (exact) mass is 262 g/mol. The molecule has 1 aromatic heterocycles. The first-order chi connectivity index (χ1) is 9.22. The van der Waals surface area contributed by atoms with E-state index in [9.17, 15) is 0 Å². The molecule has 0 unspecified atom stereocenters. The van der Waals surface area contributed by atoms with Gasteiger partial charge in [0, 0.05) is 50.6 Å². The number of piperazine rings is 1. The van der Waals surface area contributed by atoms with Crippen molar-refractivity contribution in [2.24, 2.45) is 5.92 Å². The Morgan fingerprint density at radius 3 is 2.26 bits per heavy atom. The molecule has 1 aromatic rings. The molecule has 19 heavy (non-hydrogen) atoms. The van der Waals surface area contributed by atoms with Gasteiger partial charge in [-0.2, -0.15) is 0 Å². The van der Waals surface area contributed by atoms with E-state index in [0.717, 1.165) is 32.1 Å². The first-order valence-corrected chi connectivity index (χ1v) is 6.88. The second kappa shape index (κ2) is 5.44. The lowest BCUT2D eigenvalue weighted by Crippen LogP contribution is -2.47. The molecule has 0 atom stereocenters. The van der Waals surface area contributed by atoms with Crippen molar-refractivity contribution in [3.63, 3.8) is 0 Å². The molecule has 1 aliphatic carbocycles. The number of hydrogen-bond acceptors (Lipinski definition) is 6. The van der Waals surface area contributed by atoms with Crippen LogP contribution in [0, 0.1) is 5.92 Å². The molecule has 3 rings (SSSR count). The van der Waals surface area contributed by atoms with Crippen molar-refractivity contribution in [2.45, 2.75) is 12.8 Å². The van der Waals surface area contributed by atoms with E-state index in [1.54, 1.807) is 0 Å². The van der Waals surface area contributed by atoms with Crippen LogP contribution in [-0.4, -0.2) is 64.8 Å². The van der Waals surface area contributed by atoms with Crippen LogP contribution in [0.1, 0.15) is 12.8 Å². The summed E-state index contributed by atoms with van der Waals surface area (Å²) >= 11 is 0. The summed E-state index contributed by atoms with van der Waals surface area (Å²) in [5.41, 5.74) is 0.330. The number of aromatic nitrogens is 2. The molecule has 2 fully saturated rings. The second-order valence-electron chi connectivity index (χ2n) is 5.42. The molecule has 0 spiro atoms. The highest BCUT2D eigenvalue weighted by molar-refractivity contribution is 6.58. The predicted molar refractivity (Wildman–Crippen MR) is 73.2 cm³/mol. The van der Waals surface area contributed by atoms with Gasteiger partial charge in [-0.25, -0.2) is 9.97 Å². The van der Waals surface area contributed by atoms with Crippen LogP contribution < -0.4 is 10.4 Å². The number of rotatable bonds is 4. The molecule has 2 aliphatic rings. The summed E-state index contributed by atoms with van der Waals surface area (Å²) in [4.78, 5) is 13.1. The summed E-state index contributed by atoms with van der Waals surface area (Å²) in [5, 5.41) is 18.0. The van der Waals surface area contributed by atoms with Crippen LogP contribution in [0.2, 0.25) is 0 Å². The van der Waals surface area contributed by atoms with E-state index >= 15 is 0 Å². The molecule has 1 saturated heterocycles. The minimum atomic E-state index is -1.50. The van der Waals surface area contributed by atoms with Gasteiger partial charge in [-0.1, -0.05) is 0 Å². The quantitative estimate of drug-likeness (QED) is 0.656. The molecule has 7 heteroatoms. The summed E-state index contributed by atoms with van der Waals surface area (Å²) in [6.07, 6.45) is 5.75. The topological polar surface area (TPSA) is 72.7 Å². The fraction of sp³-hybridized carbons (Fsp3) is 0.667. The second-order valence-corrected chi connectivity index (χ2v) is 5.42. The minimum absolute atomic E-state index is 0.330. The van der Waals surface area contributed by atoms with Crippen molar-refractivity contribution < 1.29 is 10.0 Å².